The number of aldehydes is 1. The molecule has 3 rings (SSSR count). The van der Waals surface area contributed by atoms with Crippen LogP contribution in [0.2, 0.25) is 0 Å². The number of unbranched alkanes of at least 4 members (excludes halogenated alkanes) is 1. The standard InChI is InChI=1S/C23H28N2O4/c1-16-23(28)22(20(27)9-5-6-14-26)25-21(24-16)15-17-10-12-19(13-11-17)29-18-7-3-2-4-8-18/h10-14,18,28H,2-9,15H2,1H3. The number of hydrogen-bond donors (Lipinski definition) is 1. The van der Waals surface area contributed by atoms with E-state index in [-0.39, 0.29) is 23.6 Å². The second kappa shape index (κ2) is 10.1. The molecule has 0 aliphatic heterocycles. The van der Waals surface area contributed by atoms with Crippen LogP contribution in [0.5, 0.6) is 11.5 Å². The third-order valence-electron chi connectivity index (χ3n) is 5.24. The number of carbonyl (C=O) groups excluding carboxylic acids is 2. The second-order valence-electron chi connectivity index (χ2n) is 7.60. The molecule has 29 heavy (non-hydrogen) atoms. The van der Waals surface area contributed by atoms with Crippen LogP contribution in [0.4, 0.5) is 0 Å². The summed E-state index contributed by atoms with van der Waals surface area (Å²) < 4.78 is 6.06. The number of aromatic hydroxyl groups is 1. The van der Waals surface area contributed by atoms with E-state index >= 15 is 0 Å². The summed E-state index contributed by atoms with van der Waals surface area (Å²) in [5.74, 6) is 0.905. The molecular weight excluding hydrogens is 368 g/mol. The van der Waals surface area contributed by atoms with Crippen LogP contribution in [0, 0.1) is 6.92 Å². The fourth-order valence-corrected chi connectivity index (χ4v) is 3.61. The molecule has 1 aliphatic rings. The quantitative estimate of drug-likeness (QED) is 0.385. The smallest absolute Gasteiger partial charge is 0.185 e. The van der Waals surface area contributed by atoms with E-state index in [0.717, 1.165) is 30.4 Å². The summed E-state index contributed by atoms with van der Waals surface area (Å²) in [6.07, 6.45) is 8.49. The summed E-state index contributed by atoms with van der Waals surface area (Å²) in [5.41, 5.74) is 1.42. The minimum atomic E-state index is -0.271. The number of hydrogen-bond acceptors (Lipinski definition) is 6. The number of nitrogens with zero attached hydrogens (tertiary/aromatic N) is 2. The van der Waals surface area contributed by atoms with Gasteiger partial charge < -0.3 is 14.6 Å². The predicted octanol–water partition coefficient (Wildman–Crippen LogP) is 4.34. The van der Waals surface area contributed by atoms with Gasteiger partial charge in [0.1, 0.15) is 17.9 Å². The lowest BCUT2D eigenvalue weighted by Gasteiger charge is -2.23. The Balaban J connectivity index is 1.67. The number of ether oxygens (including phenoxy) is 1. The monoisotopic (exact) mass is 396 g/mol. The first kappa shape index (κ1) is 21.0. The lowest BCUT2D eigenvalue weighted by atomic mass is 9.98. The SMILES string of the molecule is Cc1nc(Cc2ccc(OC3CCCCC3)cc2)nc(C(=O)CCCC=O)c1O. The first-order chi connectivity index (χ1) is 14.1. The molecule has 0 saturated heterocycles. The average molecular weight is 396 g/mol. The van der Waals surface area contributed by atoms with Gasteiger partial charge in [-0.25, -0.2) is 9.97 Å². The molecule has 6 heteroatoms. The van der Waals surface area contributed by atoms with Crippen LogP contribution in [-0.2, 0) is 11.2 Å². The van der Waals surface area contributed by atoms with Gasteiger partial charge in [-0.15, -0.1) is 0 Å². The van der Waals surface area contributed by atoms with Crippen molar-refractivity contribution < 1.29 is 19.4 Å². The Kier molecular flexibility index (Phi) is 7.33. The number of carbonyl (C=O) groups is 2. The first-order valence-electron chi connectivity index (χ1n) is 10.4. The highest BCUT2D eigenvalue weighted by Crippen LogP contribution is 2.25. The van der Waals surface area contributed by atoms with E-state index in [4.69, 9.17) is 4.74 Å². The van der Waals surface area contributed by atoms with E-state index in [9.17, 15) is 14.7 Å². The fraction of sp³-hybridized carbons (Fsp3) is 0.478. The third-order valence-corrected chi connectivity index (χ3v) is 5.24. The van der Waals surface area contributed by atoms with Crippen molar-refractivity contribution in [1.29, 1.82) is 0 Å². The number of ketones is 1. The van der Waals surface area contributed by atoms with E-state index in [0.29, 0.717) is 36.9 Å². The highest BCUT2D eigenvalue weighted by atomic mass is 16.5. The lowest BCUT2D eigenvalue weighted by molar-refractivity contribution is -0.107. The summed E-state index contributed by atoms with van der Waals surface area (Å²) in [5, 5.41) is 10.2. The van der Waals surface area contributed by atoms with Crippen molar-refractivity contribution in [2.75, 3.05) is 0 Å². The van der Waals surface area contributed by atoms with E-state index in [1.165, 1.54) is 19.3 Å². The van der Waals surface area contributed by atoms with Gasteiger partial charge in [0.2, 0.25) is 0 Å². The van der Waals surface area contributed by atoms with Gasteiger partial charge in [-0.1, -0.05) is 18.6 Å². The molecule has 1 N–H and O–H groups in total. The third kappa shape index (κ3) is 5.86. The second-order valence-corrected chi connectivity index (χ2v) is 7.60. The Bertz CT molecular complexity index is 843. The highest BCUT2D eigenvalue weighted by Gasteiger charge is 2.18. The van der Waals surface area contributed by atoms with Crippen LogP contribution in [0.15, 0.2) is 24.3 Å². The molecule has 154 valence electrons. The van der Waals surface area contributed by atoms with Gasteiger partial charge >= 0.3 is 0 Å². The topological polar surface area (TPSA) is 89.4 Å². The molecule has 0 bridgehead atoms. The number of aromatic nitrogens is 2. The van der Waals surface area contributed by atoms with Crippen LogP contribution >= 0.6 is 0 Å². The molecule has 0 radical (unpaired) electrons. The Labute approximate surface area is 171 Å². The van der Waals surface area contributed by atoms with Crippen LogP contribution in [0.1, 0.15) is 78.9 Å². The van der Waals surface area contributed by atoms with Gasteiger partial charge in [0.25, 0.3) is 0 Å². The van der Waals surface area contributed by atoms with Crippen molar-refractivity contribution in [3.63, 3.8) is 0 Å². The van der Waals surface area contributed by atoms with Gasteiger partial charge in [-0.2, -0.15) is 0 Å². The van der Waals surface area contributed by atoms with Gasteiger partial charge in [0.05, 0.1) is 11.8 Å². The normalized spacial score (nSPS) is 14.5. The van der Waals surface area contributed by atoms with Crippen LogP contribution in [-0.4, -0.2) is 33.2 Å². The summed E-state index contributed by atoms with van der Waals surface area (Å²) in [4.78, 5) is 31.4. The molecule has 1 aromatic carbocycles. The minimum absolute atomic E-state index is 0.0376. The molecule has 2 aromatic rings. The Morgan fingerprint density at radius 3 is 2.59 bits per heavy atom. The molecule has 0 spiro atoms. The van der Waals surface area contributed by atoms with Crippen molar-refractivity contribution in [1.82, 2.24) is 9.97 Å². The zero-order valence-electron chi connectivity index (χ0n) is 16.9. The molecule has 0 unspecified atom stereocenters. The zero-order valence-corrected chi connectivity index (χ0v) is 16.9. The summed E-state index contributed by atoms with van der Waals surface area (Å²) in [6, 6.07) is 7.88. The molecule has 1 aromatic heterocycles. The Morgan fingerprint density at radius 2 is 1.90 bits per heavy atom. The van der Waals surface area contributed by atoms with E-state index in [1.54, 1.807) is 6.92 Å². The molecule has 1 heterocycles. The van der Waals surface area contributed by atoms with Gasteiger partial charge in [-0.05, 0) is 56.7 Å². The molecule has 1 fully saturated rings. The molecule has 0 amide bonds. The summed E-state index contributed by atoms with van der Waals surface area (Å²) in [7, 11) is 0. The molecular formula is C23H28N2O4. The van der Waals surface area contributed by atoms with Crippen molar-refractivity contribution in [3.8, 4) is 11.5 Å². The number of rotatable bonds is 9. The van der Waals surface area contributed by atoms with Gasteiger partial charge in [0.15, 0.2) is 17.2 Å². The molecule has 6 nitrogen and oxygen atoms in total. The molecule has 1 saturated carbocycles. The maximum absolute atomic E-state index is 12.3. The minimum Gasteiger partial charge on any atom is -0.504 e. The Morgan fingerprint density at radius 1 is 1.17 bits per heavy atom. The van der Waals surface area contributed by atoms with Crippen molar-refractivity contribution in [2.45, 2.75) is 70.8 Å². The Hall–Kier alpha value is -2.76. The van der Waals surface area contributed by atoms with Gasteiger partial charge in [-0.3, -0.25) is 4.79 Å². The first-order valence-corrected chi connectivity index (χ1v) is 10.4. The lowest BCUT2D eigenvalue weighted by Crippen LogP contribution is -2.19. The van der Waals surface area contributed by atoms with Crippen molar-refractivity contribution in [3.05, 3.63) is 47.0 Å². The summed E-state index contributed by atoms with van der Waals surface area (Å²) >= 11 is 0. The van der Waals surface area contributed by atoms with Crippen LogP contribution < -0.4 is 4.74 Å². The molecule has 1 aliphatic carbocycles. The fourth-order valence-electron chi connectivity index (χ4n) is 3.61. The van der Waals surface area contributed by atoms with Gasteiger partial charge in [0, 0.05) is 19.3 Å². The van der Waals surface area contributed by atoms with E-state index in [1.807, 2.05) is 24.3 Å². The van der Waals surface area contributed by atoms with Crippen LogP contribution in [0.3, 0.4) is 0 Å². The number of aryl methyl sites for hydroxylation is 1. The predicted molar refractivity (Wildman–Crippen MR) is 109 cm³/mol. The summed E-state index contributed by atoms with van der Waals surface area (Å²) in [6.45, 7) is 1.66. The maximum atomic E-state index is 12.3. The maximum Gasteiger partial charge on any atom is 0.185 e. The molecule has 0 atom stereocenters. The number of Topliss-reactive ketones (excluding diaryl/α,β-unsaturated/α-hetero) is 1. The number of benzene rings is 1. The average Bonchev–Trinajstić information content (AvgIpc) is 2.73. The van der Waals surface area contributed by atoms with E-state index < -0.39 is 0 Å². The van der Waals surface area contributed by atoms with Crippen LogP contribution in [0.25, 0.3) is 0 Å². The largest absolute Gasteiger partial charge is 0.504 e. The van der Waals surface area contributed by atoms with E-state index in [2.05, 4.69) is 9.97 Å². The van der Waals surface area contributed by atoms with Crippen molar-refractivity contribution in [2.24, 2.45) is 0 Å². The highest BCUT2D eigenvalue weighted by molar-refractivity contribution is 5.96. The zero-order chi connectivity index (χ0) is 20.6. The van der Waals surface area contributed by atoms with Crippen molar-refractivity contribution >= 4 is 12.1 Å².